The number of hydrazone groups is 1. The van der Waals surface area contributed by atoms with Crippen LogP contribution < -0.4 is 15.5 Å². The largest absolute Gasteiger partial charge is 0.507 e. The number of phenolic OH excluding ortho intramolecular Hbond substituents is 2. The van der Waals surface area contributed by atoms with Gasteiger partial charge in [0.05, 0.1) is 60.2 Å². The number of carboxylic acids is 1. The molecule has 0 bridgehead atoms. The van der Waals surface area contributed by atoms with Crippen molar-refractivity contribution in [3.8, 4) is 17.2 Å². The Balaban J connectivity index is 0.980. The van der Waals surface area contributed by atoms with Crippen molar-refractivity contribution in [2.75, 3.05) is 46.3 Å². The minimum atomic E-state index is -2.20. The number of benzene rings is 2. The second kappa shape index (κ2) is 21.3. The zero-order valence-corrected chi connectivity index (χ0v) is 40.2. The van der Waals surface area contributed by atoms with Gasteiger partial charge >= 0.3 is 5.97 Å². The van der Waals surface area contributed by atoms with Gasteiger partial charge in [-0.3, -0.25) is 38.6 Å². The number of ether oxygens (including phenoxy) is 6. The normalized spacial score (nSPS) is 28.6. The first-order valence-corrected chi connectivity index (χ1v) is 24.3. The van der Waals surface area contributed by atoms with Gasteiger partial charge in [0, 0.05) is 87.7 Å². The number of aliphatic carboxylic acids is 1. The van der Waals surface area contributed by atoms with Gasteiger partial charge in [-0.25, -0.2) is 10.2 Å². The van der Waals surface area contributed by atoms with Crippen LogP contribution in [-0.2, 0) is 54.1 Å². The highest BCUT2D eigenvalue weighted by Crippen LogP contribution is 2.53. The molecule has 4 amide bonds. The Kier molecular flexibility index (Phi) is 15.5. The predicted molar refractivity (Wildman–Crippen MR) is 246 cm³/mol. The molecule has 71 heavy (non-hydrogen) atoms. The van der Waals surface area contributed by atoms with Crippen molar-refractivity contribution < 1.29 is 87.5 Å². The Labute approximate surface area is 411 Å². The molecule has 384 valence electrons. The number of methoxy groups -OCH3 is 2. The maximum atomic E-state index is 14.3. The standard InChI is InChI=1S/C47H57N5O18S/c1-21-42-26(51-13-14-67-46(66-4)44(51)70-42)15-33(68-21)69-28-18-47(64,17-24-35(28)41(60)37-36(39(24)58)38(57)23-9-8-10-27(65-3)34(23)40(37)59)30(19-53)49-50-31(55)11-6-5-7-12-52-32(56)16-29(43(52)61)71-20-25(45(62)63)48-22(2)54/h8-10,21,25-26,28-29,33,42,44,46,53,58,60,64H,5-7,11-20H2,1-4H3,(H,48,54)(H,50,55)(H,62,63)/b49-30+/t21-,25-,26-,28-,29?,33-,42+,44+,46-,47-/m0/s1. The minimum absolute atomic E-state index is 0.0713. The van der Waals surface area contributed by atoms with Gasteiger partial charge in [-0.1, -0.05) is 18.6 Å². The number of carbonyl (C=O) groups is 7. The summed E-state index contributed by atoms with van der Waals surface area (Å²) < 4.78 is 36.0. The number of likely N-dealkylation sites (tertiary alicyclic amines) is 1. The minimum Gasteiger partial charge on any atom is -0.507 e. The maximum Gasteiger partial charge on any atom is 0.327 e. The molecule has 0 radical (unpaired) electrons. The van der Waals surface area contributed by atoms with E-state index >= 15 is 0 Å². The first kappa shape index (κ1) is 51.8. The first-order valence-electron chi connectivity index (χ1n) is 23.3. The van der Waals surface area contributed by atoms with Crippen LogP contribution >= 0.6 is 11.8 Å². The number of rotatable bonds is 18. The average molecular weight is 1010 g/mol. The number of nitrogens with zero attached hydrogens (tertiary/aromatic N) is 3. The second-order valence-electron chi connectivity index (χ2n) is 18.3. The molecule has 2 aromatic rings. The van der Waals surface area contributed by atoms with Crippen LogP contribution in [0.15, 0.2) is 23.3 Å². The molecule has 2 aromatic carbocycles. The number of aliphatic hydroxyl groups is 2. The molecule has 0 saturated carbocycles. The third-order valence-corrected chi connectivity index (χ3v) is 15.1. The van der Waals surface area contributed by atoms with E-state index in [4.69, 9.17) is 28.4 Å². The molecular formula is C47H57N5O18S. The number of morpholine rings is 1. The number of carboxylic acid groups (broad SMARTS) is 1. The van der Waals surface area contributed by atoms with E-state index in [9.17, 15) is 59.1 Å². The van der Waals surface area contributed by atoms with Crippen molar-refractivity contribution in [2.24, 2.45) is 5.10 Å². The Bertz CT molecular complexity index is 2520. The Morgan fingerprint density at radius 3 is 2.49 bits per heavy atom. The highest BCUT2D eigenvalue weighted by Gasteiger charge is 2.55. The molecular weight excluding hydrogens is 955 g/mol. The summed E-state index contributed by atoms with van der Waals surface area (Å²) in [5.74, 6) is -6.31. The molecule has 8 rings (SSSR count). The fourth-order valence-corrected chi connectivity index (χ4v) is 11.6. The fourth-order valence-electron chi connectivity index (χ4n) is 10.4. The number of carbonyl (C=O) groups excluding carboxylic acids is 6. The highest BCUT2D eigenvalue weighted by atomic mass is 32.2. The summed E-state index contributed by atoms with van der Waals surface area (Å²) in [6, 6.07) is 2.90. The van der Waals surface area contributed by atoms with Gasteiger partial charge in [0.2, 0.25) is 29.4 Å². The Morgan fingerprint density at radius 1 is 1.03 bits per heavy atom. The monoisotopic (exact) mass is 1010 g/mol. The molecule has 6 aliphatic rings. The van der Waals surface area contributed by atoms with Gasteiger partial charge in [-0.2, -0.15) is 5.10 Å². The number of hydrogen-bond acceptors (Lipinski definition) is 20. The molecule has 0 spiro atoms. The molecule has 2 aliphatic carbocycles. The van der Waals surface area contributed by atoms with Gasteiger partial charge in [0.15, 0.2) is 24.6 Å². The van der Waals surface area contributed by atoms with E-state index in [-0.39, 0.29) is 71.3 Å². The second-order valence-corrected chi connectivity index (χ2v) is 19.5. The zero-order valence-electron chi connectivity index (χ0n) is 39.4. The molecule has 0 aromatic heterocycles. The van der Waals surface area contributed by atoms with Crippen LogP contribution in [0, 0.1) is 0 Å². The summed E-state index contributed by atoms with van der Waals surface area (Å²) in [7, 11) is 2.84. The Morgan fingerprint density at radius 2 is 1.79 bits per heavy atom. The lowest BCUT2D eigenvalue weighted by Crippen LogP contribution is -2.55. The molecule has 4 saturated heterocycles. The summed E-state index contributed by atoms with van der Waals surface area (Å²) in [6.45, 7) is 3.04. The number of thioether (sulfide) groups is 1. The van der Waals surface area contributed by atoms with Crippen LogP contribution in [0.1, 0.15) is 108 Å². The van der Waals surface area contributed by atoms with Crippen molar-refractivity contribution >= 4 is 58.6 Å². The van der Waals surface area contributed by atoms with Gasteiger partial charge in [0.1, 0.15) is 35.0 Å². The van der Waals surface area contributed by atoms with E-state index in [1.165, 1.54) is 39.3 Å². The molecule has 23 nitrogen and oxygen atoms in total. The van der Waals surface area contributed by atoms with E-state index in [2.05, 4.69) is 20.7 Å². The van der Waals surface area contributed by atoms with Gasteiger partial charge in [-0.15, -0.1) is 11.8 Å². The maximum absolute atomic E-state index is 14.3. The third-order valence-electron chi connectivity index (χ3n) is 13.8. The SMILES string of the molecule is COc1cccc2c1C(=O)c1c(O)c3c(c(O)c1C2=O)C[C@@](O)(/C(CO)=N/NC(=O)CCCCCN1C(=O)CC(SC[C@H](NC(C)=O)C(=O)O)C1=O)C[C@@H]3O[C@H]1C[C@H]2[C@H](O[C@@H]3[C@@H](OC)OCCN32)[C@H](C)O1. The highest BCUT2D eigenvalue weighted by molar-refractivity contribution is 8.00. The number of amides is 4. The van der Waals surface area contributed by atoms with Crippen LogP contribution in [0.5, 0.6) is 17.2 Å². The predicted octanol–water partition coefficient (Wildman–Crippen LogP) is 0.625. The van der Waals surface area contributed by atoms with Crippen molar-refractivity contribution in [3.05, 3.63) is 51.6 Å². The van der Waals surface area contributed by atoms with E-state index in [0.29, 0.717) is 32.4 Å². The zero-order chi connectivity index (χ0) is 51.1. The molecule has 10 atom stereocenters. The molecule has 24 heteroatoms. The quantitative estimate of drug-likeness (QED) is 0.0302. The number of unbranched alkanes of at least 4 members (excludes halogenated alkanes) is 2. The lowest BCUT2D eigenvalue weighted by molar-refractivity contribution is -0.255. The van der Waals surface area contributed by atoms with E-state index < -0.39 is 137 Å². The number of phenols is 2. The number of aromatic hydroxyl groups is 2. The summed E-state index contributed by atoms with van der Waals surface area (Å²) in [5, 5.41) is 62.4. The fraction of sp³-hybridized carbons (Fsp3) is 0.574. The van der Waals surface area contributed by atoms with Crippen LogP contribution in [0.3, 0.4) is 0 Å². The Hall–Kier alpha value is -5.57. The van der Waals surface area contributed by atoms with Gasteiger partial charge in [-0.05, 0) is 25.8 Å². The lowest BCUT2D eigenvalue weighted by atomic mass is 9.71. The summed E-state index contributed by atoms with van der Waals surface area (Å²) in [6.07, 6.45) is -4.49. The number of aliphatic hydroxyl groups excluding tert-OH is 1. The lowest BCUT2D eigenvalue weighted by Gasteiger charge is -2.44. The number of hydrogen-bond donors (Lipinski definition) is 7. The topological polar surface area (TPSA) is 319 Å². The number of fused-ring (bicyclic) bond motifs is 6. The van der Waals surface area contributed by atoms with Gasteiger partial charge < -0.3 is 59.3 Å². The third kappa shape index (κ3) is 10.0. The smallest absolute Gasteiger partial charge is 0.327 e. The van der Waals surface area contributed by atoms with Crippen LogP contribution in [0.25, 0.3) is 0 Å². The molecule has 4 fully saturated rings. The van der Waals surface area contributed by atoms with Crippen LogP contribution in [-0.4, -0.2) is 182 Å². The van der Waals surface area contributed by atoms with E-state index in [1.807, 2.05) is 0 Å². The van der Waals surface area contributed by atoms with E-state index in [1.54, 1.807) is 6.92 Å². The van der Waals surface area contributed by atoms with Crippen molar-refractivity contribution in [3.63, 3.8) is 0 Å². The number of imide groups is 1. The van der Waals surface area contributed by atoms with Crippen molar-refractivity contribution in [1.82, 2.24) is 20.5 Å². The van der Waals surface area contributed by atoms with Gasteiger partial charge in [0.25, 0.3) is 0 Å². The molecule has 1 unspecified atom stereocenters. The summed E-state index contributed by atoms with van der Waals surface area (Å²) in [5.41, 5.74) is -1.65. The number of nitrogens with one attached hydrogen (secondary N) is 2. The number of ketones is 2. The first-order chi connectivity index (χ1) is 33.9. The van der Waals surface area contributed by atoms with Crippen molar-refractivity contribution in [1.29, 1.82) is 0 Å². The van der Waals surface area contributed by atoms with Crippen molar-refractivity contribution in [2.45, 2.75) is 125 Å². The molecule has 7 N–H and O–H groups in total. The molecule has 4 heterocycles. The van der Waals surface area contributed by atoms with E-state index in [0.717, 1.165) is 16.7 Å². The van der Waals surface area contributed by atoms with Crippen LogP contribution in [0.2, 0.25) is 0 Å². The van der Waals surface area contributed by atoms with Crippen LogP contribution in [0.4, 0.5) is 0 Å². The summed E-state index contributed by atoms with van der Waals surface area (Å²) >= 11 is 0.975. The molecule has 4 aliphatic heterocycles. The average Bonchev–Trinajstić information content (AvgIpc) is 3.85. The summed E-state index contributed by atoms with van der Waals surface area (Å²) in [4.78, 5) is 93.2.